The lowest BCUT2D eigenvalue weighted by Gasteiger charge is -2.27. The smallest absolute Gasteiger partial charge is 0.322 e. The molecule has 5 N–H and O–H groups in total. The lowest BCUT2D eigenvalue weighted by atomic mass is 9.88. The number of anilines is 1. The van der Waals surface area contributed by atoms with Gasteiger partial charge in [-0.05, 0) is 29.3 Å². The lowest BCUT2D eigenvalue weighted by molar-refractivity contribution is -0.124. The second-order valence-electron chi connectivity index (χ2n) is 7.53. The molecule has 0 radical (unpaired) electrons. The molecule has 9 nitrogen and oxygen atoms in total. The van der Waals surface area contributed by atoms with E-state index in [1.54, 1.807) is 42.9 Å². The van der Waals surface area contributed by atoms with Crippen molar-refractivity contribution in [1.29, 1.82) is 0 Å². The van der Waals surface area contributed by atoms with Gasteiger partial charge in [0.1, 0.15) is 5.82 Å². The lowest BCUT2D eigenvalue weighted by Crippen LogP contribution is -2.47. The van der Waals surface area contributed by atoms with Crippen LogP contribution in [0.3, 0.4) is 0 Å². The molecule has 0 saturated carbocycles. The molecule has 1 aliphatic rings. The molecule has 1 atom stereocenters. The number of nitrogen functional groups attached to an aromatic ring is 1. The van der Waals surface area contributed by atoms with Crippen LogP contribution >= 0.6 is 0 Å². The zero-order chi connectivity index (χ0) is 22.5. The number of aromatic nitrogens is 3. The highest BCUT2D eigenvalue weighted by Crippen LogP contribution is 2.34. The highest BCUT2D eigenvalue weighted by atomic mass is 19.1. The number of rotatable bonds is 4. The van der Waals surface area contributed by atoms with E-state index >= 15 is 0 Å². The summed E-state index contributed by atoms with van der Waals surface area (Å²) in [6, 6.07) is 10.3. The monoisotopic (exact) mass is 432 g/mol. The predicted octanol–water partition coefficient (Wildman–Crippen LogP) is 2.26. The van der Waals surface area contributed by atoms with Gasteiger partial charge in [-0.2, -0.15) is 0 Å². The summed E-state index contributed by atoms with van der Waals surface area (Å²) < 4.78 is 15.0. The number of benzene rings is 2. The highest BCUT2D eigenvalue weighted by molar-refractivity contribution is 6.07. The van der Waals surface area contributed by atoms with Gasteiger partial charge in [0.25, 0.3) is 5.91 Å². The first-order valence-corrected chi connectivity index (χ1v) is 9.65. The number of carbonyl (C=O) groups excluding carboxylic acids is 2. The van der Waals surface area contributed by atoms with Crippen LogP contribution in [-0.2, 0) is 16.9 Å². The molecule has 3 amide bonds. The number of hydrogen-bond acceptors (Lipinski definition) is 6. The van der Waals surface area contributed by atoms with Crippen molar-refractivity contribution in [3.05, 3.63) is 72.4 Å². The molecule has 10 heteroatoms. The minimum atomic E-state index is -1.47. The Kier molecular flexibility index (Phi) is 4.29. The van der Waals surface area contributed by atoms with Crippen LogP contribution in [0.2, 0.25) is 0 Å². The van der Waals surface area contributed by atoms with Crippen LogP contribution < -0.4 is 16.4 Å². The molecular formula is C22H17FN6O3. The maximum Gasteiger partial charge on any atom is 0.322 e. The number of aromatic hydroxyl groups is 1. The average molecular weight is 432 g/mol. The Hall–Kier alpha value is -4.47. The molecular weight excluding hydrogens is 415 g/mol. The number of nitrogens with two attached hydrogens (primary N) is 1. The summed E-state index contributed by atoms with van der Waals surface area (Å²) in [4.78, 5) is 32.9. The first-order valence-electron chi connectivity index (χ1n) is 9.65. The van der Waals surface area contributed by atoms with Crippen molar-refractivity contribution in [2.75, 3.05) is 5.73 Å². The van der Waals surface area contributed by atoms with Crippen LogP contribution in [0.5, 0.6) is 5.88 Å². The molecule has 1 aliphatic heterocycles. The second kappa shape index (κ2) is 7.05. The van der Waals surface area contributed by atoms with E-state index in [1.807, 2.05) is 0 Å². The Morgan fingerprint density at radius 3 is 2.44 bits per heavy atom. The summed E-state index contributed by atoms with van der Waals surface area (Å²) in [6.07, 6.45) is 4.77. The number of imide groups is 1. The molecule has 5 rings (SSSR count). The van der Waals surface area contributed by atoms with Crippen molar-refractivity contribution in [3.63, 3.8) is 0 Å². The van der Waals surface area contributed by atoms with Crippen LogP contribution in [0.15, 0.2) is 61.1 Å². The zero-order valence-corrected chi connectivity index (χ0v) is 16.5. The summed E-state index contributed by atoms with van der Waals surface area (Å²) in [5.74, 6) is -1.10. The molecule has 1 saturated heterocycles. The van der Waals surface area contributed by atoms with Crippen LogP contribution in [0, 0.1) is 5.82 Å². The number of halogens is 1. The maximum atomic E-state index is 13.6. The number of nitrogens with zero attached hydrogens (tertiary/aromatic N) is 3. The molecule has 0 bridgehead atoms. The van der Waals surface area contributed by atoms with Gasteiger partial charge < -0.3 is 20.7 Å². The van der Waals surface area contributed by atoms with Gasteiger partial charge in [0.2, 0.25) is 5.95 Å². The van der Waals surface area contributed by atoms with Crippen molar-refractivity contribution in [2.24, 2.45) is 0 Å². The van der Waals surface area contributed by atoms with Crippen molar-refractivity contribution < 1.29 is 19.1 Å². The fraction of sp³-hybridized carbons (Fsp3) is 0.0909. The maximum absolute atomic E-state index is 13.6. The first kappa shape index (κ1) is 19.5. The molecule has 1 fully saturated rings. The van der Waals surface area contributed by atoms with E-state index < -0.39 is 23.3 Å². The van der Waals surface area contributed by atoms with Gasteiger partial charge in [-0.25, -0.2) is 19.2 Å². The van der Waals surface area contributed by atoms with Crippen molar-refractivity contribution in [3.8, 4) is 17.0 Å². The van der Waals surface area contributed by atoms with E-state index in [2.05, 4.69) is 20.6 Å². The predicted molar refractivity (Wildman–Crippen MR) is 114 cm³/mol. The number of amides is 3. The van der Waals surface area contributed by atoms with Crippen molar-refractivity contribution in [2.45, 2.75) is 12.1 Å². The number of urea groups is 1. The molecule has 2 aromatic carbocycles. The van der Waals surface area contributed by atoms with Gasteiger partial charge in [0, 0.05) is 34.9 Å². The molecule has 0 unspecified atom stereocenters. The van der Waals surface area contributed by atoms with Crippen molar-refractivity contribution in [1.82, 2.24) is 25.2 Å². The van der Waals surface area contributed by atoms with Gasteiger partial charge >= 0.3 is 6.03 Å². The van der Waals surface area contributed by atoms with Gasteiger partial charge in [-0.1, -0.05) is 24.3 Å². The quantitative estimate of drug-likeness (QED) is 0.365. The highest BCUT2D eigenvalue weighted by Gasteiger charge is 2.48. The third-order valence-corrected chi connectivity index (χ3v) is 5.56. The number of hydrogen-bond donors (Lipinski definition) is 4. The van der Waals surface area contributed by atoms with E-state index in [-0.39, 0.29) is 18.4 Å². The SMILES string of the molecule is Nc1ncc(-c2ccc([C@]3(Cn4cc5ccc(F)cc5c4O)NC(=O)NC3=O)cc2)cn1. The largest absolute Gasteiger partial charge is 0.494 e. The Labute approximate surface area is 180 Å². The molecule has 3 heterocycles. The van der Waals surface area contributed by atoms with Gasteiger partial charge in [-0.15, -0.1) is 0 Å². The molecule has 160 valence electrons. The number of fused-ring (bicyclic) bond motifs is 1. The number of nitrogens with one attached hydrogen (secondary N) is 2. The minimum absolute atomic E-state index is 0.100. The molecule has 0 aliphatic carbocycles. The van der Waals surface area contributed by atoms with Gasteiger partial charge in [0.15, 0.2) is 11.4 Å². The van der Waals surface area contributed by atoms with Crippen molar-refractivity contribution >= 4 is 28.7 Å². The van der Waals surface area contributed by atoms with E-state index in [0.29, 0.717) is 16.3 Å². The summed E-state index contributed by atoms with van der Waals surface area (Å²) in [5, 5.41) is 16.5. The third-order valence-electron chi connectivity index (χ3n) is 5.56. The van der Waals surface area contributed by atoms with Gasteiger partial charge in [-0.3, -0.25) is 10.1 Å². The molecule has 4 aromatic rings. The summed E-state index contributed by atoms with van der Waals surface area (Å²) in [5.41, 5.74) is 6.08. The van der Waals surface area contributed by atoms with Crippen LogP contribution in [0.1, 0.15) is 5.56 Å². The summed E-state index contributed by atoms with van der Waals surface area (Å²) in [6.45, 7) is -0.100. The van der Waals surface area contributed by atoms with Crippen LogP contribution in [0.4, 0.5) is 15.1 Å². The Morgan fingerprint density at radius 1 is 1.06 bits per heavy atom. The first-order chi connectivity index (χ1) is 15.4. The number of carbonyl (C=O) groups is 2. The van der Waals surface area contributed by atoms with E-state index in [1.165, 1.54) is 22.8 Å². The minimum Gasteiger partial charge on any atom is -0.494 e. The Morgan fingerprint density at radius 2 is 1.78 bits per heavy atom. The van der Waals surface area contributed by atoms with Crippen LogP contribution in [0.25, 0.3) is 21.9 Å². The topological polar surface area (TPSA) is 135 Å². The third kappa shape index (κ3) is 3.09. The molecule has 32 heavy (non-hydrogen) atoms. The summed E-state index contributed by atoms with van der Waals surface area (Å²) >= 11 is 0. The van der Waals surface area contributed by atoms with E-state index in [0.717, 1.165) is 11.1 Å². The normalized spacial score (nSPS) is 18.0. The molecule has 0 spiro atoms. The molecule has 2 aromatic heterocycles. The average Bonchev–Trinajstić information content (AvgIpc) is 3.24. The Balaban J connectivity index is 1.56. The standard InChI is InChI=1S/C22H17FN6O3/c23-16-6-3-13-10-29(18(30)17(13)7-16)11-22(19(31)27-21(32)28-22)15-4-1-12(2-5-15)14-8-25-20(24)26-9-14/h1-10,30H,11H2,(H2,24,25,26)(H2,27,28,31,32)/t22-/m0/s1. The van der Waals surface area contributed by atoms with Crippen LogP contribution in [-0.4, -0.2) is 31.6 Å². The van der Waals surface area contributed by atoms with Gasteiger partial charge in [0.05, 0.1) is 6.54 Å². The summed E-state index contributed by atoms with van der Waals surface area (Å²) in [7, 11) is 0. The second-order valence-corrected chi connectivity index (χ2v) is 7.53. The fourth-order valence-corrected chi connectivity index (χ4v) is 3.93. The Bertz CT molecular complexity index is 1370. The van der Waals surface area contributed by atoms with E-state index in [9.17, 15) is 19.1 Å². The van der Waals surface area contributed by atoms with E-state index in [4.69, 9.17) is 5.73 Å². The fourth-order valence-electron chi connectivity index (χ4n) is 3.93. The zero-order valence-electron chi connectivity index (χ0n) is 16.5.